The summed E-state index contributed by atoms with van der Waals surface area (Å²) in [6.07, 6.45) is 4.26. The number of nitrogens with one attached hydrogen (secondary N) is 1. The van der Waals surface area contributed by atoms with Crippen molar-refractivity contribution in [1.82, 2.24) is 5.32 Å². The van der Waals surface area contributed by atoms with Gasteiger partial charge in [0.2, 0.25) is 11.8 Å². The number of rotatable bonds is 6. The lowest BCUT2D eigenvalue weighted by atomic mass is 9.77. The molecule has 2 saturated heterocycles. The highest BCUT2D eigenvalue weighted by molar-refractivity contribution is 6.30. The standard InChI is InChI=1S/C19H21ClN2O4/c1-25-10-2-9-21-17(23)15-14-7-8-19(26-14)11-22(18(24)16(15)19)13-5-3-12(20)4-6-13/h3-8,14-16H,2,9-11H2,1H3,(H,21,23)/t14-,15+,16+,19-/m1/s1. The molecule has 4 atom stereocenters. The normalized spacial score (nSPS) is 31.5. The summed E-state index contributed by atoms with van der Waals surface area (Å²) in [7, 11) is 1.63. The molecule has 3 aliphatic heterocycles. The zero-order chi connectivity index (χ0) is 18.3. The molecule has 1 N–H and O–H groups in total. The van der Waals surface area contributed by atoms with Crippen LogP contribution in [-0.4, -0.2) is 50.3 Å². The molecule has 2 amide bonds. The Hall–Kier alpha value is -1.89. The molecule has 2 bridgehead atoms. The van der Waals surface area contributed by atoms with Gasteiger partial charge in [-0.25, -0.2) is 0 Å². The van der Waals surface area contributed by atoms with E-state index in [-0.39, 0.29) is 17.9 Å². The van der Waals surface area contributed by atoms with E-state index in [0.29, 0.717) is 24.7 Å². The first-order valence-electron chi connectivity index (χ1n) is 8.76. The Kier molecular flexibility index (Phi) is 4.50. The molecule has 0 radical (unpaired) electrons. The molecule has 0 aliphatic carbocycles. The van der Waals surface area contributed by atoms with E-state index in [1.165, 1.54) is 0 Å². The molecule has 3 aliphatic rings. The predicted octanol–water partition coefficient (Wildman–Crippen LogP) is 1.78. The minimum Gasteiger partial charge on any atom is -0.385 e. The number of ether oxygens (including phenoxy) is 2. The minimum absolute atomic E-state index is 0.0730. The van der Waals surface area contributed by atoms with E-state index >= 15 is 0 Å². The fourth-order valence-electron chi connectivity index (χ4n) is 4.18. The second-order valence-corrected chi connectivity index (χ2v) is 7.37. The predicted molar refractivity (Wildman–Crippen MR) is 97.0 cm³/mol. The van der Waals surface area contributed by atoms with Gasteiger partial charge < -0.3 is 19.7 Å². The maximum atomic E-state index is 13.1. The fraction of sp³-hybridized carbons (Fsp3) is 0.474. The summed E-state index contributed by atoms with van der Waals surface area (Å²) in [5, 5.41) is 3.53. The second-order valence-electron chi connectivity index (χ2n) is 6.94. The Morgan fingerprint density at radius 3 is 2.92 bits per heavy atom. The smallest absolute Gasteiger partial charge is 0.234 e. The first-order chi connectivity index (χ1) is 12.6. The molecule has 6 nitrogen and oxygen atoms in total. The first kappa shape index (κ1) is 17.5. The average molecular weight is 377 g/mol. The lowest BCUT2D eigenvalue weighted by Gasteiger charge is -2.23. The number of hydrogen-bond donors (Lipinski definition) is 1. The molecule has 1 aromatic carbocycles. The van der Waals surface area contributed by atoms with Crippen molar-refractivity contribution >= 4 is 29.1 Å². The number of methoxy groups -OCH3 is 1. The van der Waals surface area contributed by atoms with Crippen LogP contribution in [0.25, 0.3) is 0 Å². The van der Waals surface area contributed by atoms with Crippen molar-refractivity contribution < 1.29 is 19.1 Å². The number of benzene rings is 1. The van der Waals surface area contributed by atoms with Gasteiger partial charge in [0.15, 0.2) is 0 Å². The van der Waals surface area contributed by atoms with Crippen LogP contribution in [0.2, 0.25) is 5.02 Å². The number of carbonyl (C=O) groups is 2. The van der Waals surface area contributed by atoms with E-state index < -0.39 is 17.4 Å². The number of amides is 2. The van der Waals surface area contributed by atoms with Gasteiger partial charge in [0.05, 0.1) is 24.5 Å². The van der Waals surface area contributed by atoms with E-state index in [1.54, 1.807) is 24.1 Å². The fourth-order valence-corrected chi connectivity index (χ4v) is 4.31. The summed E-state index contributed by atoms with van der Waals surface area (Å²) >= 11 is 5.95. The van der Waals surface area contributed by atoms with Crippen LogP contribution in [0.5, 0.6) is 0 Å². The van der Waals surface area contributed by atoms with E-state index in [2.05, 4.69) is 5.32 Å². The van der Waals surface area contributed by atoms with Gasteiger partial charge in [-0.2, -0.15) is 0 Å². The van der Waals surface area contributed by atoms with Gasteiger partial charge in [0.1, 0.15) is 5.60 Å². The van der Waals surface area contributed by atoms with Crippen LogP contribution in [-0.2, 0) is 19.1 Å². The third-order valence-electron chi connectivity index (χ3n) is 5.37. The Bertz CT molecular complexity index is 750. The Labute approximate surface area is 157 Å². The monoisotopic (exact) mass is 376 g/mol. The van der Waals surface area contributed by atoms with E-state index in [9.17, 15) is 9.59 Å². The van der Waals surface area contributed by atoms with Gasteiger partial charge in [0.25, 0.3) is 0 Å². The molecule has 138 valence electrons. The van der Waals surface area contributed by atoms with Gasteiger partial charge in [-0.15, -0.1) is 0 Å². The Morgan fingerprint density at radius 1 is 1.42 bits per heavy atom. The number of fused-ring (bicyclic) bond motifs is 1. The number of nitrogens with zero attached hydrogens (tertiary/aromatic N) is 1. The van der Waals surface area contributed by atoms with Crippen LogP contribution >= 0.6 is 11.6 Å². The van der Waals surface area contributed by atoms with Gasteiger partial charge in [-0.1, -0.05) is 23.8 Å². The van der Waals surface area contributed by atoms with Crippen LogP contribution < -0.4 is 10.2 Å². The van der Waals surface area contributed by atoms with Crippen LogP contribution in [0.15, 0.2) is 36.4 Å². The van der Waals surface area contributed by atoms with Crippen molar-refractivity contribution in [1.29, 1.82) is 0 Å². The Balaban J connectivity index is 1.53. The third kappa shape index (κ3) is 2.73. The van der Waals surface area contributed by atoms with Crippen molar-refractivity contribution in [3.8, 4) is 0 Å². The molecular formula is C19H21ClN2O4. The first-order valence-corrected chi connectivity index (χ1v) is 9.14. The number of anilines is 1. The minimum atomic E-state index is -0.712. The highest BCUT2D eigenvalue weighted by atomic mass is 35.5. The van der Waals surface area contributed by atoms with Crippen molar-refractivity contribution in [3.05, 3.63) is 41.4 Å². The topological polar surface area (TPSA) is 67.9 Å². The van der Waals surface area contributed by atoms with Gasteiger partial charge in [0, 0.05) is 31.0 Å². The van der Waals surface area contributed by atoms with Crippen molar-refractivity contribution in [2.45, 2.75) is 18.1 Å². The molecule has 0 unspecified atom stereocenters. The lowest BCUT2D eigenvalue weighted by molar-refractivity contribution is -0.131. The largest absolute Gasteiger partial charge is 0.385 e. The van der Waals surface area contributed by atoms with Crippen molar-refractivity contribution in [2.75, 3.05) is 31.7 Å². The van der Waals surface area contributed by atoms with E-state index in [0.717, 1.165) is 12.1 Å². The highest BCUT2D eigenvalue weighted by Crippen LogP contribution is 2.52. The number of carbonyl (C=O) groups excluding carboxylic acids is 2. The summed E-state index contributed by atoms with van der Waals surface area (Å²) in [6.45, 7) is 1.52. The summed E-state index contributed by atoms with van der Waals surface area (Å²) in [6, 6.07) is 7.13. The van der Waals surface area contributed by atoms with Crippen molar-refractivity contribution in [3.63, 3.8) is 0 Å². The zero-order valence-corrected chi connectivity index (χ0v) is 15.2. The SMILES string of the molecule is COCCCNC(=O)[C@@H]1[C@H]2C(=O)N(c3ccc(Cl)cc3)C[C@]23C=C[C@H]1O3. The zero-order valence-electron chi connectivity index (χ0n) is 14.5. The highest BCUT2D eigenvalue weighted by Gasteiger charge is 2.66. The summed E-state index contributed by atoms with van der Waals surface area (Å²) in [4.78, 5) is 27.5. The summed E-state index contributed by atoms with van der Waals surface area (Å²) in [5.74, 6) is -1.19. The van der Waals surface area contributed by atoms with Crippen LogP contribution in [0, 0.1) is 11.8 Å². The molecule has 0 saturated carbocycles. The maximum absolute atomic E-state index is 13.1. The maximum Gasteiger partial charge on any atom is 0.234 e. The quantitative estimate of drug-likeness (QED) is 0.607. The molecule has 0 aromatic heterocycles. The summed E-state index contributed by atoms with van der Waals surface area (Å²) in [5.41, 5.74) is 0.0542. The van der Waals surface area contributed by atoms with Crippen LogP contribution in [0.1, 0.15) is 6.42 Å². The third-order valence-corrected chi connectivity index (χ3v) is 5.62. The van der Waals surface area contributed by atoms with Gasteiger partial charge in [-0.05, 0) is 30.7 Å². The molecule has 4 rings (SSSR count). The summed E-state index contributed by atoms with van der Waals surface area (Å²) < 4.78 is 11.1. The average Bonchev–Trinajstić information content (AvgIpc) is 3.28. The lowest BCUT2D eigenvalue weighted by Crippen LogP contribution is -2.44. The van der Waals surface area contributed by atoms with Gasteiger partial charge >= 0.3 is 0 Å². The Morgan fingerprint density at radius 2 is 2.19 bits per heavy atom. The van der Waals surface area contributed by atoms with E-state index in [4.69, 9.17) is 21.1 Å². The van der Waals surface area contributed by atoms with Crippen LogP contribution in [0.3, 0.4) is 0 Å². The number of halogens is 1. The molecule has 26 heavy (non-hydrogen) atoms. The molecule has 2 fully saturated rings. The van der Waals surface area contributed by atoms with E-state index in [1.807, 2.05) is 24.3 Å². The molecule has 1 aromatic rings. The molecular weight excluding hydrogens is 356 g/mol. The molecule has 7 heteroatoms. The second kappa shape index (κ2) is 6.68. The molecule has 1 spiro atoms. The number of hydrogen-bond acceptors (Lipinski definition) is 4. The van der Waals surface area contributed by atoms with Crippen LogP contribution in [0.4, 0.5) is 5.69 Å². The molecule has 3 heterocycles. The van der Waals surface area contributed by atoms with Gasteiger partial charge in [-0.3, -0.25) is 9.59 Å². The van der Waals surface area contributed by atoms with Crippen molar-refractivity contribution in [2.24, 2.45) is 11.8 Å².